The van der Waals surface area contributed by atoms with Gasteiger partial charge in [0, 0.05) is 22.9 Å². The van der Waals surface area contributed by atoms with Crippen LogP contribution in [0.3, 0.4) is 0 Å². The number of carbonyl (C=O) groups excluding carboxylic acids is 2. The fourth-order valence-electron chi connectivity index (χ4n) is 3.27. The lowest BCUT2D eigenvalue weighted by atomic mass is 9.92. The van der Waals surface area contributed by atoms with Crippen LogP contribution in [-0.2, 0) is 15.3 Å². The van der Waals surface area contributed by atoms with Crippen LogP contribution in [0.5, 0.6) is 0 Å². The van der Waals surface area contributed by atoms with E-state index in [0.29, 0.717) is 21.6 Å². The Morgan fingerprint density at radius 1 is 1.23 bits per heavy atom. The Hall–Kier alpha value is -3.10. The number of carbonyl (C=O) groups is 2. The van der Waals surface area contributed by atoms with Crippen LogP contribution in [0.2, 0.25) is 5.02 Å². The summed E-state index contributed by atoms with van der Waals surface area (Å²) < 4.78 is 0. The number of fused-ring (bicyclic) bond motifs is 1. The maximum atomic E-state index is 12.9. The molecule has 0 bridgehead atoms. The molecule has 2 heterocycles. The third kappa shape index (κ3) is 4.81. The molecule has 1 atom stereocenters. The highest BCUT2D eigenvalue weighted by molar-refractivity contribution is 7.98. The van der Waals surface area contributed by atoms with E-state index in [9.17, 15) is 14.4 Å². The number of benzene rings is 2. The van der Waals surface area contributed by atoms with Crippen molar-refractivity contribution in [2.24, 2.45) is 0 Å². The summed E-state index contributed by atoms with van der Waals surface area (Å²) in [5.41, 5.74) is 2.16. The Morgan fingerprint density at radius 2 is 2.00 bits per heavy atom. The van der Waals surface area contributed by atoms with E-state index in [1.54, 1.807) is 18.2 Å². The van der Waals surface area contributed by atoms with Gasteiger partial charge < -0.3 is 15.6 Å². The summed E-state index contributed by atoms with van der Waals surface area (Å²) in [4.78, 5) is 45.0. The van der Waals surface area contributed by atoms with Gasteiger partial charge in [-0.2, -0.15) is 0 Å². The lowest BCUT2D eigenvalue weighted by Gasteiger charge is -2.23. The van der Waals surface area contributed by atoms with Crippen LogP contribution in [-0.4, -0.2) is 21.8 Å². The molecular weight excluding hydrogens is 436 g/mol. The summed E-state index contributed by atoms with van der Waals surface area (Å²) >= 11 is 7.46. The minimum atomic E-state index is -0.951. The topological polar surface area (TPSA) is 104 Å². The van der Waals surface area contributed by atoms with Gasteiger partial charge in [0.1, 0.15) is 5.82 Å². The van der Waals surface area contributed by atoms with E-state index in [1.165, 1.54) is 11.8 Å². The van der Waals surface area contributed by atoms with Gasteiger partial charge in [-0.1, -0.05) is 59.8 Å². The van der Waals surface area contributed by atoms with Gasteiger partial charge in [0.25, 0.3) is 5.56 Å². The second-order valence-corrected chi connectivity index (χ2v) is 8.54. The molecule has 0 unspecified atom stereocenters. The van der Waals surface area contributed by atoms with Gasteiger partial charge in [-0.15, -0.1) is 0 Å². The molecular formula is C22H19ClN4O3S. The number of amides is 2. The van der Waals surface area contributed by atoms with Crippen LogP contribution in [0.4, 0.5) is 11.5 Å². The highest BCUT2D eigenvalue weighted by Gasteiger charge is 2.34. The van der Waals surface area contributed by atoms with Crippen molar-refractivity contribution in [2.45, 2.75) is 30.2 Å². The molecule has 3 aromatic rings. The first kappa shape index (κ1) is 21.1. The Bertz CT molecular complexity index is 1210. The number of aromatic nitrogens is 2. The van der Waals surface area contributed by atoms with Crippen molar-refractivity contribution in [1.82, 2.24) is 9.97 Å². The second kappa shape index (κ2) is 8.95. The van der Waals surface area contributed by atoms with E-state index < -0.39 is 17.4 Å². The van der Waals surface area contributed by atoms with E-state index in [-0.39, 0.29) is 23.7 Å². The number of thioether (sulfide) groups is 1. The number of nitrogens with zero attached hydrogens (tertiary/aromatic N) is 1. The number of anilines is 2. The number of rotatable bonds is 5. The summed E-state index contributed by atoms with van der Waals surface area (Å²) in [7, 11) is 0. The van der Waals surface area contributed by atoms with Crippen molar-refractivity contribution in [3.63, 3.8) is 0 Å². The molecule has 0 saturated carbocycles. The maximum absolute atomic E-state index is 12.9. The molecule has 1 aliphatic heterocycles. The highest BCUT2D eigenvalue weighted by atomic mass is 35.5. The van der Waals surface area contributed by atoms with Gasteiger partial charge in [-0.25, -0.2) is 4.98 Å². The number of aromatic amines is 1. The molecule has 0 radical (unpaired) electrons. The molecule has 3 N–H and O–H groups in total. The predicted molar refractivity (Wildman–Crippen MR) is 122 cm³/mol. The summed E-state index contributed by atoms with van der Waals surface area (Å²) in [6.45, 7) is 1.86. The number of hydrogen-bond acceptors (Lipinski definition) is 5. The molecule has 31 heavy (non-hydrogen) atoms. The smallest absolute Gasteiger partial charge is 0.257 e. The van der Waals surface area contributed by atoms with E-state index in [0.717, 1.165) is 11.1 Å². The molecule has 0 fully saturated rings. The van der Waals surface area contributed by atoms with Crippen LogP contribution < -0.4 is 16.2 Å². The van der Waals surface area contributed by atoms with Crippen molar-refractivity contribution in [3.8, 4) is 0 Å². The maximum Gasteiger partial charge on any atom is 0.257 e. The molecule has 1 aliphatic rings. The van der Waals surface area contributed by atoms with E-state index in [1.807, 2.05) is 37.3 Å². The van der Waals surface area contributed by atoms with Crippen LogP contribution in [0.15, 0.2) is 58.5 Å². The molecule has 1 aromatic heterocycles. The van der Waals surface area contributed by atoms with Crippen LogP contribution in [0.1, 0.15) is 29.0 Å². The molecule has 0 spiro atoms. The van der Waals surface area contributed by atoms with Crippen molar-refractivity contribution in [2.75, 3.05) is 10.6 Å². The average Bonchev–Trinajstić information content (AvgIpc) is 2.74. The first-order chi connectivity index (χ1) is 14.9. The number of nitrogens with one attached hydrogen (secondary N) is 3. The van der Waals surface area contributed by atoms with Crippen molar-refractivity contribution < 1.29 is 9.59 Å². The molecule has 0 saturated heterocycles. The monoisotopic (exact) mass is 454 g/mol. The fourth-order valence-corrected chi connectivity index (χ4v) is 4.27. The molecule has 9 heteroatoms. The Labute approximate surface area is 187 Å². The molecule has 158 valence electrons. The van der Waals surface area contributed by atoms with Crippen LogP contribution in [0, 0.1) is 6.92 Å². The predicted octanol–water partition coefficient (Wildman–Crippen LogP) is 4.09. The van der Waals surface area contributed by atoms with Crippen LogP contribution in [0.25, 0.3) is 0 Å². The summed E-state index contributed by atoms with van der Waals surface area (Å²) in [6.07, 6.45) is -0.139. The molecule has 2 aromatic carbocycles. The zero-order valence-electron chi connectivity index (χ0n) is 16.6. The molecule has 7 nitrogen and oxygen atoms in total. The second-order valence-electron chi connectivity index (χ2n) is 7.17. The Balaban J connectivity index is 1.58. The van der Waals surface area contributed by atoms with Crippen molar-refractivity contribution in [1.29, 1.82) is 0 Å². The SMILES string of the molecule is Cc1ccc(NC(=O)[C@H]2CC(=O)Nc3nc(SCc4ccccc4)[nH]c(=O)c32)cc1Cl. The number of halogens is 1. The summed E-state index contributed by atoms with van der Waals surface area (Å²) in [5, 5.41) is 6.25. The van der Waals surface area contributed by atoms with Gasteiger partial charge >= 0.3 is 0 Å². The van der Waals surface area contributed by atoms with E-state index >= 15 is 0 Å². The van der Waals surface area contributed by atoms with Gasteiger partial charge in [-0.05, 0) is 30.2 Å². The Kier molecular flexibility index (Phi) is 6.11. The standard InChI is InChI=1S/C22H19ClN4O3S/c1-12-7-8-14(9-16(12)23)24-20(29)15-10-17(28)25-19-18(15)21(30)27-22(26-19)31-11-13-5-3-2-4-6-13/h2-9,15H,10-11H2,1H3,(H,24,29)(H2,25,26,27,28,30)/t15-/m0/s1. The molecule has 0 aliphatic carbocycles. The first-order valence-electron chi connectivity index (χ1n) is 9.58. The van der Waals surface area contributed by atoms with Gasteiger partial charge in [0.2, 0.25) is 11.8 Å². The van der Waals surface area contributed by atoms with Gasteiger partial charge in [-0.3, -0.25) is 14.4 Å². The average molecular weight is 455 g/mol. The minimum absolute atomic E-state index is 0.123. The zero-order valence-corrected chi connectivity index (χ0v) is 18.1. The van der Waals surface area contributed by atoms with E-state index in [2.05, 4.69) is 20.6 Å². The fraction of sp³-hybridized carbons (Fsp3) is 0.182. The summed E-state index contributed by atoms with van der Waals surface area (Å²) in [6, 6.07) is 14.9. The quantitative estimate of drug-likeness (QED) is 0.398. The largest absolute Gasteiger partial charge is 0.325 e. The van der Waals surface area contributed by atoms with Crippen molar-refractivity contribution in [3.05, 3.63) is 80.6 Å². The summed E-state index contributed by atoms with van der Waals surface area (Å²) in [5.74, 6) is -1.06. The van der Waals surface area contributed by atoms with Gasteiger partial charge in [0.05, 0.1) is 11.5 Å². The normalized spacial score (nSPS) is 15.2. The Morgan fingerprint density at radius 3 is 2.74 bits per heavy atom. The highest BCUT2D eigenvalue weighted by Crippen LogP contribution is 2.31. The third-order valence-corrected chi connectivity index (χ3v) is 6.26. The molecule has 4 rings (SSSR count). The van der Waals surface area contributed by atoms with E-state index in [4.69, 9.17) is 11.6 Å². The zero-order chi connectivity index (χ0) is 22.0. The number of H-pyrrole nitrogens is 1. The third-order valence-electron chi connectivity index (χ3n) is 4.90. The lowest BCUT2D eigenvalue weighted by Crippen LogP contribution is -2.36. The number of hydrogen-bond donors (Lipinski definition) is 3. The van der Waals surface area contributed by atoms with Gasteiger partial charge in [0.15, 0.2) is 5.16 Å². The first-order valence-corrected chi connectivity index (χ1v) is 10.9. The lowest BCUT2D eigenvalue weighted by molar-refractivity contribution is -0.123. The van der Waals surface area contributed by atoms with Crippen molar-refractivity contribution >= 4 is 46.7 Å². The molecule has 2 amide bonds. The minimum Gasteiger partial charge on any atom is -0.325 e. The number of aryl methyl sites for hydroxylation is 1. The van der Waals surface area contributed by atoms with Crippen LogP contribution >= 0.6 is 23.4 Å².